The van der Waals surface area contributed by atoms with E-state index in [4.69, 9.17) is 0 Å². The predicted molar refractivity (Wildman–Crippen MR) is 77.8 cm³/mol. The Morgan fingerprint density at radius 3 is 2.85 bits per heavy atom. The summed E-state index contributed by atoms with van der Waals surface area (Å²) in [7, 11) is -1.87. The van der Waals surface area contributed by atoms with Gasteiger partial charge in [0.25, 0.3) is 0 Å². The van der Waals surface area contributed by atoms with Gasteiger partial charge in [0.2, 0.25) is 16.4 Å². The average molecular weight is 295 g/mol. The van der Waals surface area contributed by atoms with Crippen LogP contribution in [0.2, 0.25) is 0 Å². The van der Waals surface area contributed by atoms with Gasteiger partial charge in [0.15, 0.2) is 0 Å². The lowest BCUT2D eigenvalue weighted by Crippen LogP contribution is -2.20. The molecule has 1 heterocycles. The molecule has 1 aromatic heterocycles. The van der Waals surface area contributed by atoms with Crippen LogP contribution >= 0.6 is 0 Å². The monoisotopic (exact) mass is 295 g/mol. The van der Waals surface area contributed by atoms with Gasteiger partial charge < -0.3 is 10.3 Å². The zero-order valence-electron chi connectivity index (χ0n) is 11.1. The third-order valence-corrected chi connectivity index (χ3v) is 4.46. The highest BCUT2D eigenvalue weighted by Gasteiger charge is 2.10. The average Bonchev–Trinajstić information content (AvgIpc) is 2.81. The molecular weight excluding hydrogens is 278 g/mol. The molecule has 20 heavy (non-hydrogen) atoms. The lowest BCUT2D eigenvalue weighted by Gasteiger charge is -2.04. The first-order chi connectivity index (χ1) is 9.55. The Morgan fingerprint density at radius 1 is 1.35 bits per heavy atom. The molecule has 0 radical (unpaired) electrons. The number of hydrogen-bond donors (Lipinski definition) is 3. The molecule has 0 aliphatic rings. The predicted octanol–water partition coefficient (Wildman–Crippen LogP) is 0.506. The zero-order chi connectivity index (χ0) is 14.6. The number of sulfonamides is 1. The summed E-state index contributed by atoms with van der Waals surface area (Å²) in [5, 5.41) is 3.60. The minimum atomic E-state index is -3.28. The van der Waals surface area contributed by atoms with Crippen LogP contribution in [0, 0.1) is 0 Å². The number of benzene rings is 1. The SMILES string of the molecule is CNS(=O)(=O)Cc1ccc2[nH]cc(CCNC=O)c2c1. The quantitative estimate of drug-likeness (QED) is 0.513. The van der Waals surface area contributed by atoms with Crippen molar-refractivity contribution in [2.75, 3.05) is 13.6 Å². The maximum atomic E-state index is 11.6. The van der Waals surface area contributed by atoms with Gasteiger partial charge in [-0.05, 0) is 36.7 Å². The van der Waals surface area contributed by atoms with Crippen LogP contribution in [0.4, 0.5) is 0 Å². The summed E-state index contributed by atoms with van der Waals surface area (Å²) in [5.74, 6) is -0.0450. The van der Waals surface area contributed by atoms with E-state index in [2.05, 4.69) is 15.0 Å². The number of aromatic nitrogens is 1. The Balaban J connectivity index is 2.27. The van der Waals surface area contributed by atoms with Gasteiger partial charge in [0, 0.05) is 23.6 Å². The summed E-state index contributed by atoms with van der Waals surface area (Å²) in [4.78, 5) is 13.4. The molecule has 0 saturated carbocycles. The Morgan fingerprint density at radius 2 is 2.15 bits per heavy atom. The minimum Gasteiger partial charge on any atom is -0.361 e. The molecular formula is C13H17N3O3S. The van der Waals surface area contributed by atoms with Gasteiger partial charge in [-0.2, -0.15) is 0 Å². The Hall–Kier alpha value is -1.86. The minimum absolute atomic E-state index is 0.0450. The van der Waals surface area contributed by atoms with Crippen LogP contribution in [0.3, 0.4) is 0 Å². The molecule has 0 atom stereocenters. The van der Waals surface area contributed by atoms with Gasteiger partial charge >= 0.3 is 0 Å². The number of amides is 1. The first-order valence-corrected chi connectivity index (χ1v) is 7.88. The van der Waals surface area contributed by atoms with Crippen LogP contribution in [0.1, 0.15) is 11.1 Å². The van der Waals surface area contributed by atoms with Gasteiger partial charge in [0.05, 0.1) is 5.75 Å². The van der Waals surface area contributed by atoms with Gasteiger partial charge in [-0.25, -0.2) is 13.1 Å². The van der Waals surface area contributed by atoms with E-state index in [0.717, 1.165) is 22.0 Å². The highest BCUT2D eigenvalue weighted by molar-refractivity contribution is 7.88. The van der Waals surface area contributed by atoms with Gasteiger partial charge in [-0.3, -0.25) is 4.79 Å². The normalized spacial score (nSPS) is 11.7. The Labute approximate surface area is 117 Å². The zero-order valence-corrected chi connectivity index (χ0v) is 12.0. The molecule has 6 nitrogen and oxygen atoms in total. The van der Waals surface area contributed by atoms with E-state index in [1.54, 1.807) is 6.07 Å². The summed E-state index contributed by atoms with van der Waals surface area (Å²) >= 11 is 0. The summed E-state index contributed by atoms with van der Waals surface area (Å²) < 4.78 is 25.4. The van der Waals surface area contributed by atoms with E-state index in [0.29, 0.717) is 19.4 Å². The van der Waals surface area contributed by atoms with Crippen molar-refractivity contribution in [1.82, 2.24) is 15.0 Å². The molecule has 108 valence electrons. The number of aromatic amines is 1. The second-order valence-electron chi connectivity index (χ2n) is 4.48. The lowest BCUT2D eigenvalue weighted by atomic mass is 10.1. The van der Waals surface area contributed by atoms with Crippen LogP contribution in [-0.2, 0) is 27.0 Å². The fourth-order valence-electron chi connectivity index (χ4n) is 2.08. The summed E-state index contributed by atoms with van der Waals surface area (Å²) in [6, 6.07) is 5.53. The number of carbonyl (C=O) groups excluding carboxylic acids is 1. The van der Waals surface area contributed by atoms with Crippen LogP contribution in [0.25, 0.3) is 10.9 Å². The molecule has 0 unspecified atom stereocenters. The summed E-state index contributed by atoms with van der Waals surface area (Å²) in [6.45, 7) is 0.551. The Kier molecular flexibility index (Phi) is 4.41. The standard InChI is InChI=1S/C13H17N3O3S/c1-14-20(18,19)8-10-2-3-13-12(6-10)11(7-16-13)4-5-15-9-17/h2-3,6-7,9,14,16H,4-5,8H2,1H3,(H,15,17). The maximum Gasteiger partial charge on any atom is 0.215 e. The molecule has 0 saturated heterocycles. The van der Waals surface area contributed by atoms with E-state index in [9.17, 15) is 13.2 Å². The smallest absolute Gasteiger partial charge is 0.215 e. The van der Waals surface area contributed by atoms with Crippen LogP contribution in [0.15, 0.2) is 24.4 Å². The molecule has 1 aromatic carbocycles. The number of carbonyl (C=O) groups is 1. The van der Waals surface area contributed by atoms with E-state index in [1.165, 1.54) is 7.05 Å². The fraction of sp³-hybridized carbons (Fsp3) is 0.308. The highest BCUT2D eigenvalue weighted by atomic mass is 32.2. The topological polar surface area (TPSA) is 91.1 Å². The fourth-order valence-corrected chi connectivity index (χ4v) is 2.84. The molecule has 0 spiro atoms. The van der Waals surface area contributed by atoms with E-state index >= 15 is 0 Å². The molecule has 1 amide bonds. The van der Waals surface area contributed by atoms with Crippen molar-refractivity contribution in [3.05, 3.63) is 35.5 Å². The number of nitrogens with one attached hydrogen (secondary N) is 3. The number of fused-ring (bicyclic) bond motifs is 1. The highest BCUT2D eigenvalue weighted by Crippen LogP contribution is 2.21. The van der Waals surface area contributed by atoms with Crippen molar-refractivity contribution in [2.45, 2.75) is 12.2 Å². The molecule has 0 fully saturated rings. The maximum absolute atomic E-state index is 11.6. The molecule has 2 aromatic rings. The number of H-pyrrole nitrogens is 1. The molecule has 0 aliphatic heterocycles. The summed E-state index contributed by atoms with van der Waals surface area (Å²) in [5.41, 5.74) is 2.74. The first-order valence-electron chi connectivity index (χ1n) is 6.23. The molecule has 0 bridgehead atoms. The second-order valence-corrected chi connectivity index (χ2v) is 6.41. The van der Waals surface area contributed by atoms with Crippen LogP contribution in [-0.4, -0.2) is 33.4 Å². The van der Waals surface area contributed by atoms with Crippen LogP contribution < -0.4 is 10.0 Å². The number of rotatable bonds is 7. The van der Waals surface area contributed by atoms with Crippen molar-refractivity contribution in [1.29, 1.82) is 0 Å². The van der Waals surface area contributed by atoms with Gasteiger partial charge in [-0.15, -0.1) is 0 Å². The van der Waals surface area contributed by atoms with Crippen LogP contribution in [0.5, 0.6) is 0 Å². The third-order valence-electron chi connectivity index (χ3n) is 3.12. The molecule has 2 rings (SSSR count). The second kappa shape index (κ2) is 6.06. The molecule has 7 heteroatoms. The summed E-state index contributed by atoms with van der Waals surface area (Å²) in [6.07, 6.45) is 3.24. The van der Waals surface area contributed by atoms with Crippen molar-refractivity contribution < 1.29 is 13.2 Å². The molecule has 0 aliphatic carbocycles. The largest absolute Gasteiger partial charge is 0.361 e. The van der Waals surface area contributed by atoms with Crippen molar-refractivity contribution in [3.8, 4) is 0 Å². The van der Waals surface area contributed by atoms with E-state index < -0.39 is 10.0 Å². The lowest BCUT2D eigenvalue weighted by molar-refractivity contribution is -0.109. The van der Waals surface area contributed by atoms with E-state index in [-0.39, 0.29) is 5.75 Å². The van der Waals surface area contributed by atoms with E-state index in [1.807, 2.05) is 18.3 Å². The van der Waals surface area contributed by atoms with Gasteiger partial charge in [-0.1, -0.05) is 6.07 Å². The Bertz CT molecular complexity index is 707. The third kappa shape index (κ3) is 3.37. The van der Waals surface area contributed by atoms with Crippen molar-refractivity contribution >= 4 is 27.3 Å². The number of hydrogen-bond acceptors (Lipinski definition) is 3. The van der Waals surface area contributed by atoms with Gasteiger partial charge in [0.1, 0.15) is 0 Å². The van der Waals surface area contributed by atoms with Crippen molar-refractivity contribution in [2.24, 2.45) is 0 Å². The first kappa shape index (κ1) is 14.5. The molecule has 3 N–H and O–H groups in total. The van der Waals surface area contributed by atoms with Crippen molar-refractivity contribution in [3.63, 3.8) is 0 Å².